The molecular weight excluding hydrogens is 368 g/mol. The van der Waals surface area contributed by atoms with E-state index in [1.54, 1.807) is 0 Å². The van der Waals surface area contributed by atoms with Crippen LogP contribution >= 0.6 is 0 Å². The van der Waals surface area contributed by atoms with Crippen LogP contribution in [0.4, 0.5) is 0 Å². The van der Waals surface area contributed by atoms with Gasteiger partial charge in [0.2, 0.25) is 5.91 Å². The van der Waals surface area contributed by atoms with Crippen molar-refractivity contribution < 1.29 is 9.32 Å². The fourth-order valence-electron chi connectivity index (χ4n) is 4.25. The first kappa shape index (κ1) is 20.0. The van der Waals surface area contributed by atoms with E-state index < -0.39 is 0 Å². The van der Waals surface area contributed by atoms with Crippen LogP contribution in [0.15, 0.2) is 16.8 Å². The molecular formula is C21H30N6O2. The fourth-order valence-corrected chi connectivity index (χ4v) is 4.25. The van der Waals surface area contributed by atoms with Crippen molar-refractivity contribution in [1.82, 2.24) is 30.9 Å². The number of piperidine rings is 1. The smallest absolute Gasteiger partial charge is 0.241 e. The highest BCUT2D eigenvalue weighted by atomic mass is 16.5. The zero-order valence-electron chi connectivity index (χ0n) is 17.6. The van der Waals surface area contributed by atoms with E-state index in [1.807, 2.05) is 31.0 Å². The minimum Gasteiger partial charge on any atom is -0.356 e. The molecule has 2 unspecified atom stereocenters. The van der Waals surface area contributed by atoms with Gasteiger partial charge in [-0.05, 0) is 39.0 Å². The third-order valence-corrected chi connectivity index (χ3v) is 6.06. The molecule has 4 heterocycles. The molecule has 2 atom stereocenters. The average molecular weight is 399 g/mol. The number of carbonyl (C=O) groups is 1. The van der Waals surface area contributed by atoms with E-state index >= 15 is 0 Å². The van der Waals surface area contributed by atoms with Crippen LogP contribution in [0.1, 0.15) is 56.2 Å². The summed E-state index contributed by atoms with van der Waals surface area (Å²) < 4.78 is 5.47. The molecule has 0 saturated carbocycles. The molecule has 0 radical (unpaired) electrons. The van der Waals surface area contributed by atoms with Crippen LogP contribution < -0.4 is 10.9 Å². The van der Waals surface area contributed by atoms with Crippen LogP contribution in [0.25, 0.3) is 11.3 Å². The van der Waals surface area contributed by atoms with Gasteiger partial charge in [-0.3, -0.25) is 10.2 Å². The van der Waals surface area contributed by atoms with E-state index in [0.29, 0.717) is 17.7 Å². The molecule has 8 nitrogen and oxygen atoms in total. The van der Waals surface area contributed by atoms with Crippen molar-refractivity contribution in [3.05, 3.63) is 29.5 Å². The molecule has 156 valence electrons. The summed E-state index contributed by atoms with van der Waals surface area (Å²) in [5.74, 6) is 2.44. The number of aromatic nitrogens is 3. The van der Waals surface area contributed by atoms with Crippen molar-refractivity contribution in [3.8, 4) is 11.3 Å². The molecule has 2 fully saturated rings. The molecule has 0 aromatic carbocycles. The van der Waals surface area contributed by atoms with Gasteiger partial charge in [-0.2, -0.15) is 0 Å². The van der Waals surface area contributed by atoms with Crippen LogP contribution in [0.3, 0.4) is 0 Å². The number of nitrogens with one attached hydrogen (secondary N) is 2. The fraction of sp³-hybridized carbons (Fsp3) is 0.619. The second-order valence-corrected chi connectivity index (χ2v) is 8.58. The van der Waals surface area contributed by atoms with Crippen LogP contribution in [-0.2, 0) is 4.79 Å². The maximum atomic E-state index is 12.9. The van der Waals surface area contributed by atoms with E-state index in [2.05, 4.69) is 34.8 Å². The van der Waals surface area contributed by atoms with E-state index in [9.17, 15) is 4.79 Å². The van der Waals surface area contributed by atoms with Gasteiger partial charge >= 0.3 is 0 Å². The predicted octanol–water partition coefficient (Wildman–Crippen LogP) is 2.35. The van der Waals surface area contributed by atoms with Crippen molar-refractivity contribution in [1.29, 1.82) is 0 Å². The van der Waals surface area contributed by atoms with Crippen LogP contribution in [0.2, 0.25) is 0 Å². The van der Waals surface area contributed by atoms with E-state index in [0.717, 1.165) is 55.1 Å². The van der Waals surface area contributed by atoms with Gasteiger partial charge in [0, 0.05) is 37.3 Å². The molecule has 0 bridgehead atoms. The first-order valence-electron chi connectivity index (χ1n) is 10.5. The Labute approximate surface area is 171 Å². The number of aryl methyl sites for hydroxylation is 2. The standard InChI is InChI=1S/C21H30N6O2/c1-12(2)17-10-18(25-24-17)21(28)27-7-5-15(6-8-27)20-16(11-22-14(4)23-20)19-9-13(3)26-29-19/h9,11-12,15,17-18,24-25H,5-8,10H2,1-4H3. The Balaban J connectivity index is 1.44. The van der Waals surface area contributed by atoms with Gasteiger partial charge in [-0.1, -0.05) is 19.0 Å². The van der Waals surface area contributed by atoms with Crippen molar-refractivity contribution in [2.75, 3.05) is 13.1 Å². The van der Waals surface area contributed by atoms with Crippen molar-refractivity contribution in [2.24, 2.45) is 5.92 Å². The maximum Gasteiger partial charge on any atom is 0.241 e. The maximum absolute atomic E-state index is 12.9. The van der Waals surface area contributed by atoms with Crippen molar-refractivity contribution in [3.63, 3.8) is 0 Å². The summed E-state index contributed by atoms with van der Waals surface area (Å²) in [6.45, 7) is 9.64. The van der Waals surface area contributed by atoms with E-state index in [4.69, 9.17) is 9.51 Å². The molecule has 2 N–H and O–H groups in total. The van der Waals surface area contributed by atoms with Gasteiger partial charge in [0.15, 0.2) is 5.76 Å². The molecule has 2 aliphatic rings. The molecule has 0 aliphatic carbocycles. The third kappa shape index (κ3) is 4.18. The van der Waals surface area contributed by atoms with Crippen LogP contribution in [-0.4, -0.2) is 51.1 Å². The van der Waals surface area contributed by atoms with Crippen molar-refractivity contribution >= 4 is 5.91 Å². The molecule has 0 spiro atoms. The number of rotatable bonds is 4. The molecule has 2 aromatic heterocycles. The summed E-state index contributed by atoms with van der Waals surface area (Å²) in [5.41, 5.74) is 9.19. The lowest BCUT2D eigenvalue weighted by Crippen LogP contribution is -2.48. The first-order valence-corrected chi connectivity index (χ1v) is 10.5. The Hall–Kier alpha value is -2.32. The topological polar surface area (TPSA) is 96.2 Å². The number of hydrazine groups is 1. The summed E-state index contributed by atoms with van der Waals surface area (Å²) in [7, 11) is 0. The predicted molar refractivity (Wildman–Crippen MR) is 109 cm³/mol. The molecule has 29 heavy (non-hydrogen) atoms. The highest BCUT2D eigenvalue weighted by molar-refractivity contribution is 5.82. The minimum atomic E-state index is -0.132. The SMILES string of the molecule is Cc1cc(-c2cnc(C)nc2C2CCN(C(=O)C3CC(C(C)C)NN3)CC2)on1. The first-order chi connectivity index (χ1) is 13.9. The zero-order chi connectivity index (χ0) is 20.5. The van der Waals surface area contributed by atoms with E-state index in [1.165, 1.54) is 0 Å². The third-order valence-electron chi connectivity index (χ3n) is 6.06. The molecule has 4 rings (SSSR count). The quantitative estimate of drug-likeness (QED) is 0.816. The molecule has 2 saturated heterocycles. The van der Waals surface area contributed by atoms with Crippen LogP contribution in [0, 0.1) is 19.8 Å². The number of likely N-dealkylation sites (tertiary alicyclic amines) is 1. The Bertz CT molecular complexity index is 872. The Kier molecular flexibility index (Phi) is 5.65. The highest BCUT2D eigenvalue weighted by Crippen LogP contribution is 2.34. The Morgan fingerprint density at radius 2 is 2.00 bits per heavy atom. The zero-order valence-corrected chi connectivity index (χ0v) is 17.6. The lowest BCUT2D eigenvalue weighted by atomic mass is 9.89. The van der Waals surface area contributed by atoms with Gasteiger partial charge in [0.1, 0.15) is 11.9 Å². The molecule has 2 aliphatic heterocycles. The summed E-state index contributed by atoms with van der Waals surface area (Å²) in [6.07, 6.45) is 4.44. The van der Waals surface area contributed by atoms with Gasteiger partial charge < -0.3 is 9.42 Å². The molecule has 2 aromatic rings. The van der Waals surface area contributed by atoms with Crippen molar-refractivity contribution in [2.45, 2.75) is 65.0 Å². The largest absolute Gasteiger partial charge is 0.356 e. The highest BCUT2D eigenvalue weighted by Gasteiger charge is 2.35. The van der Waals surface area contributed by atoms with Gasteiger partial charge in [0.25, 0.3) is 0 Å². The molecule has 1 amide bonds. The summed E-state index contributed by atoms with van der Waals surface area (Å²) in [6, 6.07) is 2.13. The summed E-state index contributed by atoms with van der Waals surface area (Å²) >= 11 is 0. The Morgan fingerprint density at radius 3 is 2.62 bits per heavy atom. The minimum absolute atomic E-state index is 0.132. The summed E-state index contributed by atoms with van der Waals surface area (Å²) in [4.78, 5) is 24.0. The second kappa shape index (κ2) is 8.20. The number of hydrogen-bond donors (Lipinski definition) is 2. The Morgan fingerprint density at radius 1 is 1.24 bits per heavy atom. The normalized spacial score (nSPS) is 23.1. The lowest BCUT2D eigenvalue weighted by Gasteiger charge is -2.33. The van der Waals surface area contributed by atoms with E-state index in [-0.39, 0.29) is 17.9 Å². The van der Waals surface area contributed by atoms with Gasteiger partial charge in [0.05, 0.1) is 17.0 Å². The number of nitrogens with zero attached hydrogens (tertiary/aromatic N) is 4. The lowest BCUT2D eigenvalue weighted by molar-refractivity contribution is -0.134. The monoisotopic (exact) mass is 398 g/mol. The van der Waals surface area contributed by atoms with Gasteiger partial charge in [-0.25, -0.2) is 15.4 Å². The molecule has 8 heteroatoms. The number of amides is 1. The van der Waals surface area contributed by atoms with Crippen LogP contribution in [0.5, 0.6) is 0 Å². The number of hydrogen-bond acceptors (Lipinski definition) is 7. The van der Waals surface area contributed by atoms with Gasteiger partial charge in [-0.15, -0.1) is 0 Å². The average Bonchev–Trinajstić information content (AvgIpc) is 3.37. The summed E-state index contributed by atoms with van der Waals surface area (Å²) in [5, 5.41) is 4.00. The second-order valence-electron chi connectivity index (χ2n) is 8.58. The number of carbonyl (C=O) groups excluding carboxylic acids is 1.